The summed E-state index contributed by atoms with van der Waals surface area (Å²) in [5.41, 5.74) is 1.92. The van der Waals surface area contributed by atoms with E-state index < -0.39 is 5.41 Å². The van der Waals surface area contributed by atoms with Crippen molar-refractivity contribution in [2.24, 2.45) is 0 Å². The van der Waals surface area contributed by atoms with Gasteiger partial charge >= 0.3 is 0 Å². The minimum atomic E-state index is -0.458. The molecule has 1 unspecified atom stereocenters. The van der Waals surface area contributed by atoms with Crippen molar-refractivity contribution in [1.82, 2.24) is 4.90 Å². The van der Waals surface area contributed by atoms with Crippen molar-refractivity contribution in [1.29, 1.82) is 5.26 Å². The molecule has 0 saturated carbocycles. The second-order valence-electron chi connectivity index (χ2n) is 7.32. The van der Waals surface area contributed by atoms with Crippen molar-refractivity contribution in [3.8, 4) is 6.07 Å². The van der Waals surface area contributed by atoms with Crippen LogP contribution in [0.3, 0.4) is 0 Å². The Bertz CT molecular complexity index is 598. The van der Waals surface area contributed by atoms with Crippen LogP contribution in [0.1, 0.15) is 44.7 Å². The zero-order valence-electron chi connectivity index (χ0n) is 14.3. The zero-order valence-corrected chi connectivity index (χ0v) is 14.3. The molecular weight excluding hydrogens is 288 g/mol. The molecule has 2 aliphatic rings. The van der Waals surface area contributed by atoms with Crippen molar-refractivity contribution in [2.45, 2.75) is 57.5 Å². The summed E-state index contributed by atoms with van der Waals surface area (Å²) >= 11 is 0. The fraction of sp³-hybridized carbons (Fsp3) is 0.632. The van der Waals surface area contributed by atoms with Crippen LogP contribution < -0.4 is 0 Å². The van der Waals surface area contributed by atoms with Gasteiger partial charge in [-0.05, 0) is 31.9 Å². The van der Waals surface area contributed by atoms with E-state index in [1.165, 1.54) is 5.56 Å². The first-order valence-electron chi connectivity index (χ1n) is 8.48. The summed E-state index contributed by atoms with van der Waals surface area (Å²) in [6.07, 6.45) is 2.04. The molecule has 0 N–H and O–H groups in total. The molecule has 2 saturated heterocycles. The van der Waals surface area contributed by atoms with Gasteiger partial charge in [0, 0.05) is 32.5 Å². The Morgan fingerprint density at radius 2 is 2.00 bits per heavy atom. The SMILES string of the molecule is CC1COC2(CCN(Cc3ccccc3C(C)(C)C#N)CC2)O1. The van der Waals surface area contributed by atoms with E-state index in [0.717, 1.165) is 38.0 Å². The molecule has 1 aromatic carbocycles. The maximum absolute atomic E-state index is 9.45. The molecule has 23 heavy (non-hydrogen) atoms. The maximum Gasteiger partial charge on any atom is 0.171 e. The van der Waals surface area contributed by atoms with Crippen LogP contribution in [-0.2, 0) is 21.4 Å². The van der Waals surface area contributed by atoms with Gasteiger partial charge in [0.05, 0.1) is 24.2 Å². The first-order valence-corrected chi connectivity index (χ1v) is 8.48. The lowest BCUT2D eigenvalue weighted by Crippen LogP contribution is -2.45. The Balaban J connectivity index is 1.67. The molecule has 4 nitrogen and oxygen atoms in total. The van der Waals surface area contributed by atoms with Crippen molar-refractivity contribution in [3.63, 3.8) is 0 Å². The Labute approximate surface area is 139 Å². The summed E-state index contributed by atoms with van der Waals surface area (Å²) in [4.78, 5) is 2.44. The van der Waals surface area contributed by atoms with E-state index in [1.807, 2.05) is 19.9 Å². The summed E-state index contributed by atoms with van der Waals surface area (Å²) in [6, 6.07) is 10.7. The quantitative estimate of drug-likeness (QED) is 0.859. The fourth-order valence-corrected chi connectivity index (χ4v) is 3.59. The second-order valence-corrected chi connectivity index (χ2v) is 7.32. The second kappa shape index (κ2) is 6.24. The highest BCUT2D eigenvalue weighted by Crippen LogP contribution is 2.35. The average molecular weight is 314 g/mol. The molecule has 2 heterocycles. The summed E-state index contributed by atoms with van der Waals surface area (Å²) in [5, 5.41) is 9.45. The van der Waals surface area contributed by atoms with E-state index in [0.29, 0.717) is 6.61 Å². The molecule has 0 amide bonds. The van der Waals surface area contributed by atoms with Crippen molar-refractivity contribution >= 4 is 0 Å². The minimum absolute atomic E-state index is 0.207. The van der Waals surface area contributed by atoms with Crippen LogP contribution in [0.5, 0.6) is 0 Å². The zero-order chi connectivity index (χ0) is 16.5. The lowest BCUT2D eigenvalue weighted by atomic mass is 9.83. The van der Waals surface area contributed by atoms with E-state index in [1.54, 1.807) is 0 Å². The molecule has 1 atom stereocenters. The highest BCUT2D eigenvalue weighted by Gasteiger charge is 2.42. The third-order valence-corrected chi connectivity index (χ3v) is 4.98. The molecule has 2 fully saturated rings. The van der Waals surface area contributed by atoms with Gasteiger partial charge in [-0.3, -0.25) is 4.90 Å². The third-order valence-electron chi connectivity index (χ3n) is 4.98. The normalized spacial score (nSPS) is 24.7. The lowest BCUT2D eigenvalue weighted by molar-refractivity contribution is -0.194. The van der Waals surface area contributed by atoms with Gasteiger partial charge in [-0.25, -0.2) is 0 Å². The van der Waals surface area contributed by atoms with Gasteiger partial charge in [-0.2, -0.15) is 5.26 Å². The number of hydrogen-bond acceptors (Lipinski definition) is 4. The van der Waals surface area contributed by atoms with E-state index in [2.05, 4.69) is 36.1 Å². The number of likely N-dealkylation sites (tertiary alicyclic amines) is 1. The number of nitrogens with zero attached hydrogens (tertiary/aromatic N) is 2. The number of rotatable bonds is 3. The molecule has 1 aromatic rings. The minimum Gasteiger partial charge on any atom is -0.347 e. The molecule has 2 aliphatic heterocycles. The Morgan fingerprint density at radius 1 is 1.30 bits per heavy atom. The first kappa shape index (κ1) is 16.4. The summed E-state index contributed by atoms with van der Waals surface area (Å²) in [7, 11) is 0. The standard InChI is InChI=1S/C19H26N2O2/c1-15-13-22-19(23-15)8-10-21(11-9-19)12-16-6-4-5-7-17(16)18(2,3)14-20/h4-7,15H,8-13H2,1-3H3. The van der Waals surface area contributed by atoms with E-state index in [-0.39, 0.29) is 11.9 Å². The summed E-state index contributed by atoms with van der Waals surface area (Å²) in [6.45, 7) is 9.56. The van der Waals surface area contributed by atoms with Crippen molar-refractivity contribution in [3.05, 3.63) is 35.4 Å². The highest BCUT2D eigenvalue weighted by molar-refractivity contribution is 5.37. The Hall–Kier alpha value is -1.41. The van der Waals surface area contributed by atoms with Crippen LogP contribution in [0.15, 0.2) is 24.3 Å². The Kier molecular flexibility index (Phi) is 4.46. The van der Waals surface area contributed by atoms with Crippen LogP contribution >= 0.6 is 0 Å². The molecule has 3 rings (SSSR count). The van der Waals surface area contributed by atoms with Crippen LogP contribution in [-0.4, -0.2) is 36.5 Å². The topological polar surface area (TPSA) is 45.5 Å². The van der Waals surface area contributed by atoms with Gasteiger partial charge in [0.1, 0.15) is 0 Å². The molecule has 0 aromatic heterocycles. The molecular formula is C19H26N2O2. The largest absolute Gasteiger partial charge is 0.347 e. The highest BCUT2D eigenvalue weighted by atomic mass is 16.7. The fourth-order valence-electron chi connectivity index (χ4n) is 3.59. The van der Waals surface area contributed by atoms with Crippen LogP contribution in [0.2, 0.25) is 0 Å². The number of ether oxygens (including phenoxy) is 2. The predicted molar refractivity (Wildman–Crippen MR) is 88.8 cm³/mol. The van der Waals surface area contributed by atoms with Crippen LogP contribution in [0.25, 0.3) is 0 Å². The van der Waals surface area contributed by atoms with Crippen LogP contribution in [0, 0.1) is 11.3 Å². The average Bonchev–Trinajstić information content (AvgIpc) is 2.91. The van der Waals surface area contributed by atoms with Gasteiger partial charge in [0.15, 0.2) is 5.79 Å². The Morgan fingerprint density at radius 3 is 2.61 bits per heavy atom. The number of piperidine rings is 1. The summed E-state index contributed by atoms with van der Waals surface area (Å²) in [5.74, 6) is -0.346. The number of hydrogen-bond donors (Lipinski definition) is 0. The van der Waals surface area contributed by atoms with Crippen molar-refractivity contribution < 1.29 is 9.47 Å². The van der Waals surface area contributed by atoms with Gasteiger partial charge in [-0.1, -0.05) is 24.3 Å². The van der Waals surface area contributed by atoms with E-state index in [9.17, 15) is 5.26 Å². The molecule has 124 valence electrons. The van der Waals surface area contributed by atoms with E-state index in [4.69, 9.17) is 9.47 Å². The molecule has 4 heteroatoms. The predicted octanol–water partition coefficient (Wildman–Crippen LogP) is 3.22. The van der Waals surface area contributed by atoms with Gasteiger partial charge in [-0.15, -0.1) is 0 Å². The molecule has 0 aliphatic carbocycles. The number of nitriles is 1. The monoisotopic (exact) mass is 314 g/mol. The van der Waals surface area contributed by atoms with Gasteiger partial charge in [0.2, 0.25) is 0 Å². The van der Waals surface area contributed by atoms with Crippen LogP contribution in [0.4, 0.5) is 0 Å². The van der Waals surface area contributed by atoms with Crippen molar-refractivity contribution in [2.75, 3.05) is 19.7 Å². The molecule has 1 spiro atoms. The summed E-state index contributed by atoms with van der Waals surface area (Å²) < 4.78 is 11.9. The smallest absolute Gasteiger partial charge is 0.171 e. The molecule has 0 radical (unpaired) electrons. The van der Waals surface area contributed by atoms with E-state index >= 15 is 0 Å². The van der Waals surface area contributed by atoms with Gasteiger partial charge < -0.3 is 9.47 Å². The molecule has 0 bridgehead atoms. The first-order chi connectivity index (χ1) is 10.9. The van der Waals surface area contributed by atoms with Gasteiger partial charge in [0.25, 0.3) is 0 Å². The number of benzene rings is 1. The maximum atomic E-state index is 9.45. The lowest BCUT2D eigenvalue weighted by Gasteiger charge is -2.38. The third kappa shape index (κ3) is 3.42.